The van der Waals surface area contributed by atoms with Crippen molar-refractivity contribution in [3.8, 4) is 0 Å². The van der Waals surface area contributed by atoms with Crippen molar-refractivity contribution in [1.29, 1.82) is 0 Å². The number of hydrogen-bond donors (Lipinski definition) is 1. The van der Waals surface area contributed by atoms with E-state index < -0.39 is 0 Å². The summed E-state index contributed by atoms with van der Waals surface area (Å²) < 4.78 is 2.13. The monoisotopic (exact) mass is 207 g/mol. The molecular formula is C12H21N3. The number of nitrogens with zero attached hydrogens (tertiary/aromatic N) is 2. The molecule has 1 fully saturated rings. The molecule has 3 nitrogen and oxygen atoms in total. The quantitative estimate of drug-likeness (QED) is 0.827. The Morgan fingerprint density at radius 3 is 3.07 bits per heavy atom. The summed E-state index contributed by atoms with van der Waals surface area (Å²) in [5.41, 5.74) is 6.74. The Morgan fingerprint density at radius 1 is 1.53 bits per heavy atom. The Hall–Kier alpha value is -0.830. The molecule has 1 aromatic rings. The van der Waals surface area contributed by atoms with Gasteiger partial charge < -0.3 is 5.73 Å². The zero-order chi connectivity index (χ0) is 10.7. The van der Waals surface area contributed by atoms with Crippen molar-refractivity contribution in [1.82, 2.24) is 9.78 Å². The number of aromatic nitrogens is 2. The molecule has 1 saturated carbocycles. The lowest BCUT2D eigenvalue weighted by molar-refractivity contribution is 0.247. The van der Waals surface area contributed by atoms with Crippen LogP contribution in [0.4, 0.5) is 0 Å². The second-order valence-corrected chi connectivity index (χ2v) is 4.63. The topological polar surface area (TPSA) is 43.8 Å². The molecule has 2 unspecified atom stereocenters. The number of rotatable bonds is 3. The minimum atomic E-state index is 0.601. The average molecular weight is 207 g/mol. The molecule has 2 N–H and O–H groups in total. The fraction of sp³-hybridized carbons (Fsp3) is 0.750. The highest BCUT2D eigenvalue weighted by Crippen LogP contribution is 2.33. The van der Waals surface area contributed by atoms with Crippen molar-refractivity contribution >= 4 is 0 Å². The van der Waals surface area contributed by atoms with E-state index in [0.717, 1.165) is 11.5 Å². The molecule has 0 aromatic carbocycles. The zero-order valence-electron chi connectivity index (χ0n) is 9.52. The lowest BCUT2D eigenvalue weighted by Crippen LogP contribution is -2.19. The van der Waals surface area contributed by atoms with E-state index in [2.05, 4.69) is 22.9 Å². The predicted molar refractivity (Wildman–Crippen MR) is 61.4 cm³/mol. The first-order chi connectivity index (χ1) is 7.33. The van der Waals surface area contributed by atoms with Gasteiger partial charge in [0.15, 0.2) is 0 Å². The summed E-state index contributed by atoms with van der Waals surface area (Å²) >= 11 is 0. The van der Waals surface area contributed by atoms with Gasteiger partial charge in [-0.25, -0.2) is 0 Å². The minimum Gasteiger partial charge on any atom is -0.326 e. The maximum atomic E-state index is 5.59. The SMILES string of the molecule is CCC1CCCC(n2cc(CN)cn2)C1. The summed E-state index contributed by atoms with van der Waals surface area (Å²) in [6.45, 7) is 2.89. The summed E-state index contributed by atoms with van der Waals surface area (Å²) in [6, 6.07) is 0.615. The van der Waals surface area contributed by atoms with Crippen molar-refractivity contribution in [2.45, 2.75) is 51.6 Å². The summed E-state index contributed by atoms with van der Waals surface area (Å²) in [6.07, 6.45) is 10.6. The van der Waals surface area contributed by atoms with Crippen LogP contribution in [-0.2, 0) is 6.54 Å². The molecule has 1 aliphatic rings. The maximum absolute atomic E-state index is 5.59. The van der Waals surface area contributed by atoms with Gasteiger partial charge in [0, 0.05) is 18.3 Å². The van der Waals surface area contributed by atoms with Crippen LogP contribution in [0, 0.1) is 5.92 Å². The fourth-order valence-electron chi connectivity index (χ4n) is 2.56. The highest BCUT2D eigenvalue weighted by molar-refractivity contribution is 5.03. The van der Waals surface area contributed by atoms with Crippen molar-refractivity contribution in [2.24, 2.45) is 11.7 Å². The highest BCUT2D eigenvalue weighted by atomic mass is 15.3. The van der Waals surface area contributed by atoms with E-state index in [4.69, 9.17) is 5.73 Å². The van der Waals surface area contributed by atoms with Crippen LogP contribution in [0.1, 0.15) is 50.6 Å². The summed E-state index contributed by atoms with van der Waals surface area (Å²) in [7, 11) is 0. The third kappa shape index (κ3) is 2.40. The molecule has 3 heteroatoms. The van der Waals surface area contributed by atoms with E-state index in [0.29, 0.717) is 12.6 Å². The third-order valence-electron chi connectivity index (χ3n) is 3.60. The first-order valence-corrected chi connectivity index (χ1v) is 6.06. The van der Waals surface area contributed by atoms with E-state index in [1.54, 1.807) is 0 Å². The van der Waals surface area contributed by atoms with Crippen molar-refractivity contribution in [3.63, 3.8) is 0 Å². The van der Waals surface area contributed by atoms with Crippen LogP contribution in [-0.4, -0.2) is 9.78 Å². The van der Waals surface area contributed by atoms with Gasteiger partial charge in [-0.15, -0.1) is 0 Å². The van der Waals surface area contributed by atoms with E-state index in [1.165, 1.54) is 32.1 Å². The molecule has 0 aliphatic heterocycles. The molecule has 1 heterocycles. The molecule has 1 aromatic heterocycles. The second kappa shape index (κ2) is 4.79. The van der Waals surface area contributed by atoms with Crippen LogP contribution in [0.25, 0.3) is 0 Å². The molecule has 0 saturated heterocycles. The van der Waals surface area contributed by atoms with Crippen LogP contribution in [0.3, 0.4) is 0 Å². The van der Waals surface area contributed by atoms with E-state index in [-0.39, 0.29) is 0 Å². The second-order valence-electron chi connectivity index (χ2n) is 4.63. The molecule has 0 amide bonds. The minimum absolute atomic E-state index is 0.601. The van der Waals surface area contributed by atoms with Gasteiger partial charge in [-0.1, -0.05) is 26.2 Å². The fourth-order valence-corrected chi connectivity index (χ4v) is 2.56. The number of hydrogen-bond acceptors (Lipinski definition) is 2. The molecule has 0 radical (unpaired) electrons. The Morgan fingerprint density at radius 2 is 2.40 bits per heavy atom. The zero-order valence-corrected chi connectivity index (χ0v) is 9.52. The van der Waals surface area contributed by atoms with Gasteiger partial charge >= 0.3 is 0 Å². The summed E-state index contributed by atoms with van der Waals surface area (Å²) in [4.78, 5) is 0. The van der Waals surface area contributed by atoms with Gasteiger partial charge in [-0.05, 0) is 18.8 Å². The Balaban J connectivity index is 2.03. The normalized spacial score (nSPS) is 26.8. The molecule has 2 atom stereocenters. The van der Waals surface area contributed by atoms with Gasteiger partial charge in [0.05, 0.1) is 12.2 Å². The molecule has 15 heavy (non-hydrogen) atoms. The molecule has 0 spiro atoms. The van der Waals surface area contributed by atoms with Gasteiger partial charge in [0.2, 0.25) is 0 Å². The van der Waals surface area contributed by atoms with Gasteiger partial charge in [0.1, 0.15) is 0 Å². The van der Waals surface area contributed by atoms with Crippen molar-refractivity contribution in [3.05, 3.63) is 18.0 Å². The standard InChI is InChI=1S/C12H21N3/c1-2-10-4-3-5-12(6-10)15-9-11(7-13)8-14-15/h8-10,12H,2-7,13H2,1H3. The Labute approximate surface area is 91.7 Å². The third-order valence-corrected chi connectivity index (χ3v) is 3.60. The first-order valence-electron chi connectivity index (χ1n) is 6.06. The van der Waals surface area contributed by atoms with E-state index >= 15 is 0 Å². The summed E-state index contributed by atoms with van der Waals surface area (Å²) in [5, 5.41) is 4.42. The van der Waals surface area contributed by atoms with Gasteiger partial charge in [-0.2, -0.15) is 5.10 Å². The molecule has 2 rings (SSSR count). The van der Waals surface area contributed by atoms with Crippen LogP contribution in [0.2, 0.25) is 0 Å². The van der Waals surface area contributed by atoms with Crippen LogP contribution < -0.4 is 5.73 Å². The Kier molecular flexibility index (Phi) is 3.41. The molecular weight excluding hydrogens is 186 g/mol. The highest BCUT2D eigenvalue weighted by Gasteiger charge is 2.22. The number of nitrogens with two attached hydrogens (primary N) is 1. The lowest BCUT2D eigenvalue weighted by atomic mass is 9.84. The average Bonchev–Trinajstić information content (AvgIpc) is 2.78. The van der Waals surface area contributed by atoms with Crippen molar-refractivity contribution in [2.75, 3.05) is 0 Å². The maximum Gasteiger partial charge on any atom is 0.0534 e. The predicted octanol–water partition coefficient (Wildman–Crippen LogP) is 2.48. The van der Waals surface area contributed by atoms with Crippen LogP contribution in [0.5, 0.6) is 0 Å². The van der Waals surface area contributed by atoms with E-state index in [1.807, 2.05) is 6.20 Å². The van der Waals surface area contributed by atoms with E-state index in [9.17, 15) is 0 Å². The van der Waals surface area contributed by atoms with Gasteiger partial charge in [0.25, 0.3) is 0 Å². The first kappa shape index (κ1) is 10.7. The lowest BCUT2D eigenvalue weighted by Gasteiger charge is -2.28. The Bertz CT molecular complexity index is 306. The summed E-state index contributed by atoms with van der Waals surface area (Å²) in [5.74, 6) is 0.897. The largest absolute Gasteiger partial charge is 0.326 e. The molecule has 1 aliphatic carbocycles. The van der Waals surface area contributed by atoms with Crippen LogP contribution in [0.15, 0.2) is 12.4 Å². The smallest absolute Gasteiger partial charge is 0.0534 e. The van der Waals surface area contributed by atoms with Crippen LogP contribution >= 0.6 is 0 Å². The molecule has 84 valence electrons. The van der Waals surface area contributed by atoms with Crippen molar-refractivity contribution < 1.29 is 0 Å². The molecule has 0 bridgehead atoms. The van der Waals surface area contributed by atoms with Gasteiger partial charge in [-0.3, -0.25) is 4.68 Å².